The van der Waals surface area contributed by atoms with Crippen LogP contribution in [0, 0.1) is 0 Å². The Kier molecular flexibility index (Phi) is 8.09. The largest absolute Gasteiger partial charge is 0.490 e. The fourth-order valence-electron chi connectivity index (χ4n) is 3.41. The highest BCUT2D eigenvalue weighted by molar-refractivity contribution is 6.04. The second kappa shape index (κ2) is 11.0. The lowest BCUT2D eigenvalue weighted by molar-refractivity contribution is -0.119. The minimum atomic E-state index is -0.602. The number of rotatable bonds is 10. The van der Waals surface area contributed by atoms with Crippen LogP contribution in [0.2, 0.25) is 0 Å². The molecule has 9 nitrogen and oxygen atoms in total. The number of esters is 1. The molecule has 9 heteroatoms. The summed E-state index contributed by atoms with van der Waals surface area (Å²) in [6.45, 7) is 12.3. The van der Waals surface area contributed by atoms with Crippen molar-refractivity contribution in [3.05, 3.63) is 41.7 Å². The lowest BCUT2D eigenvalue weighted by Crippen LogP contribution is -2.21. The number of fused-ring (bicyclic) bond motifs is 1. The zero-order valence-corrected chi connectivity index (χ0v) is 20.5. The molecule has 1 aromatic carbocycles. The van der Waals surface area contributed by atoms with Gasteiger partial charge in [-0.15, -0.1) is 0 Å². The first-order chi connectivity index (χ1) is 16.2. The molecule has 0 aliphatic rings. The van der Waals surface area contributed by atoms with Gasteiger partial charge >= 0.3 is 5.97 Å². The molecule has 34 heavy (non-hydrogen) atoms. The molecule has 2 heterocycles. The number of aromatic nitrogens is 3. The topological polar surface area (TPSA) is 105 Å². The number of ether oxygens (including phenoxy) is 3. The van der Waals surface area contributed by atoms with E-state index in [1.165, 1.54) is 0 Å². The average molecular weight is 469 g/mol. The van der Waals surface area contributed by atoms with Crippen molar-refractivity contribution in [3.8, 4) is 11.5 Å². The van der Waals surface area contributed by atoms with Crippen molar-refractivity contribution in [2.75, 3.05) is 25.1 Å². The van der Waals surface area contributed by atoms with E-state index in [1.54, 1.807) is 35.1 Å². The quantitative estimate of drug-likeness (QED) is 0.429. The highest BCUT2D eigenvalue weighted by atomic mass is 16.5. The summed E-state index contributed by atoms with van der Waals surface area (Å²) in [4.78, 5) is 30.1. The Hall–Kier alpha value is -3.62. The van der Waals surface area contributed by atoms with Crippen LogP contribution in [-0.4, -0.2) is 46.5 Å². The van der Waals surface area contributed by atoms with Crippen LogP contribution >= 0.6 is 0 Å². The monoisotopic (exact) mass is 468 g/mol. The van der Waals surface area contributed by atoms with Crippen molar-refractivity contribution in [3.63, 3.8) is 0 Å². The van der Waals surface area contributed by atoms with Crippen molar-refractivity contribution in [2.24, 2.45) is 0 Å². The Morgan fingerprint density at radius 2 is 1.74 bits per heavy atom. The van der Waals surface area contributed by atoms with Crippen LogP contribution in [0.15, 0.2) is 30.5 Å². The summed E-state index contributed by atoms with van der Waals surface area (Å²) in [5, 5.41) is 7.69. The van der Waals surface area contributed by atoms with Gasteiger partial charge in [-0.05, 0) is 51.8 Å². The third-order valence-corrected chi connectivity index (χ3v) is 5.05. The molecule has 0 aliphatic heterocycles. The molecule has 0 bridgehead atoms. The molecule has 0 radical (unpaired) electrons. The first-order valence-corrected chi connectivity index (χ1v) is 11.5. The van der Waals surface area contributed by atoms with Crippen molar-refractivity contribution < 1.29 is 23.8 Å². The second-order valence-electron chi connectivity index (χ2n) is 8.32. The number of benzene rings is 1. The standard InChI is InChI=1S/C25H32N4O5/c1-7-32-21-10-9-17(11-22(21)33-8-2)27-23(30)14-34-25(31)18-12-20(15(3)4)28-24-19(18)13-26-29(24)16(5)6/h9-13,15-16H,7-8,14H2,1-6H3,(H,27,30). The fraction of sp³-hybridized carbons (Fsp3) is 0.440. The van der Waals surface area contributed by atoms with Gasteiger partial charge in [0.1, 0.15) is 0 Å². The van der Waals surface area contributed by atoms with E-state index < -0.39 is 18.5 Å². The van der Waals surface area contributed by atoms with E-state index in [2.05, 4.69) is 15.4 Å². The van der Waals surface area contributed by atoms with Crippen molar-refractivity contribution in [1.29, 1.82) is 0 Å². The molecule has 0 aliphatic carbocycles. The molecule has 0 atom stereocenters. The van der Waals surface area contributed by atoms with Gasteiger partial charge < -0.3 is 19.5 Å². The summed E-state index contributed by atoms with van der Waals surface area (Å²) in [7, 11) is 0. The van der Waals surface area contributed by atoms with Gasteiger partial charge in [0.05, 0.1) is 30.4 Å². The lowest BCUT2D eigenvalue weighted by Gasteiger charge is -2.13. The minimum Gasteiger partial charge on any atom is -0.490 e. The lowest BCUT2D eigenvalue weighted by atomic mass is 10.1. The van der Waals surface area contributed by atoms with Crippen LogP contribution in [-0.2, 0) is 9.53 Å². The van der Waals surface area contributed by atoms with Crippen molar-refractivity contribution >= 4 is 28.6 Å². The molecule has 1 amide bonds. The van der Waals surface area contributed by atoms with Crippen LogP contribution in [0.3, 0.4) is 0 Å². The molecular weight excluding hydrogens is 436 g/mol. The summed E-state index contributed by atoms with van der Waals surface area (Å²) in [5.74, 6) is 0.163. The Labute approximate surface area is 199 Å². The van der Waals surface area contributed by atoms with Gasteiger partial charge in [0, 0.05) is 23.5 Å². The number of pyridine rings is 1. The molecule has 0 fully saturated rings. The van der Waals surface area contributed by atoms with E-state index >= 15 is 0 Å². The van der Waals surface area contributed by atoms with E-state index in [-0.39, 0.29) is 12.0 Å². The minimum absolute atomic E-state index is 0.0813. The van der Waals surface area contributed by atoms with Crippen molar-refractivity contribution in [1.82, 2.24) is 14.8 Å². The normalized spacial score (nSPS) is 11.2. The van der Waals surface area contributed by atoms with Crippen LogP contribution < -0.4 is 14.8 Å². The molecule has 0 spiro atoms. The number of nitrogens with one attached hydrogen (secondary N) is 1. The number of carbonyl (C=O) groups excluding carboxylic acids is 2. The predicted molar refractivity (Wildman–Crippen MR) is 130 cm³/mol. The summed E-state index contributed by atoms with van der Waals surface area (Å²) in [6, 6.07) is 6.90. The summed E-state index contributed by atoms with van der Waals surface area (Å²) >= 11 is 0. The fourth-order valence-corrected chi connectivity index (χ4v) is 3.41. The molecule has 182 valence electrons. The third-order valence-electron chi connectivity index (χ3n) is 5.05. The van der Waals surface area contributed by atoms with Crippen LogP contribution in [0.4, 0.5) is 5.69 Å². The number of hydrogen-bond donors (Lipinski definition) is 1. The highest BCUT2D eigenvalue weighted by Crippen LogP contribution is 2.30. The van der Waals surface area contributed by atoms with Crippen LogP contribution in [0.25, 0.3) is 11.0 Å². The Morgan fingerprint density at radius 1 is 1.03 bits per heavy atom. The maximum absolute atomic E-state index is 12.9. The van der Waals surface area contributed by atoms with Gasteiger partial charge in [0.25, 0.3) is 5.91 Å². The summed E-state index contributed by atoms with van der Waals surface area (Å²) in [5.41, 5.74) is 2.23. The summed E-state index contributed by atoms with van der Waals surface area (Å²) < 4.78 is 18.2. The van der Waals surface area contributed by atoms with Gasteiger partial charge in [-0.3, -0.25) is 4.79 Å². The molecule has 0 saturated heterocycles. The number of carbonyl (C=O) groups is 2. The van der Waals surface area contributed by atoms with E-state index in [0.29, 0.717) is 47.0 Å². The van der Waals surface area contributed by atoms with Gasteiger partial charge in [-0.2, -0.15) is 5.10 Å². The van der Waals surface area contributed by atoms with E-state index in [9.17, 15) is 9.59 Å². The van der Waals surface area contributed by atoms with Crippen molar-refractivity contribution in [2.45, 2.75) is 53.5 Å². The SMILES string of the molecule is CCOc1ccc(NC(=O)COC(=O)c2cc(C(C)C)nc3c2cnn3C(C)C)cc1OCC. The zero-order valence-electron chi connectivity index (χ0n) is 20.5. The molecular formula is C25H32N4O5. The predicted octanol–water partition coefficient (Wildman–Crippen LogP) is 4.73. The highest BCUT2D eigenvalue weighted by Gasteiger charge is 2.21. The smallest absolute Gasteiger partial charge is 0.339 e. The Bertz CT molecular complexity index is 1170. The van der Waals surface area contributed by atoms with E-state index in [0.717, 1.165) is 5.69 Å². The Morgan fingerprint density at radius 3 is 2.38 bits per heavy atom. The molecule has 2 aromatic heterocycles. The zero-order chi connectivity index (χ0) is 24.8. The van der Waals surface area contributed by atoms with Gasteiger partial charge in [-0.1, -0.05) is 13.8 Å². The van der Waals surface area contributed by atoms with Crippen LogP contribution in [0.1, 0.15) is 69.6 Å². The molecule has 3 rings (SSSR count). The molecule has 0 unspecified atom stereocenters. The third kappa shape index (κ3) is 5.65. The maximum atomic E-state index is 12.9. The molecule has 1 N–H and O–H groups in total. The molecule has 3 aromatic rings. The van der Waals surface area contributed by atoms with Gasteiger partial charge in [0.2, 0.25) is 0 Å². The summed E-state index contributed by atoms with van der Waals surface area (Å²) in [6.07, 6.45) is 1.61. The van der Waals surface area contributed by atoms with Gasteiger partial charge in [-0.25, -0.2) is 14.5 Å². The van der Waals surface area contributed by atoms with E-state index in [1.807, 2.05) is 41.5 Å². The average Bonchev–Trinajstić information content (AvgIpc) is 3.23. The number of nitrogens with zero attached hydrogens (tertiary/aromatic N) is 3. The second-order valence-corrected chi connectivity index (χ2v) is 8.32. The first kappa shape index (κ1) is 25.0. The maximum Gasteiger partial charge on any atom is 0.339 e. The first-order valence-electron chi connectivity index (χ1n) is 11.5. The van der Waals surface area contributed by atoms with E-state index in [4.69, 9.17) is 14.2 Å². The Balaban J connectivity index is 1.74. The van der Waals surface area contributed by atoms with Crippen LogP contribution in [0.5, 0.6) is 11.5 Å². The van der Waals surface area contributed by atoms with Gasteiger partial charge in [0.15, 0.2) is 23.8 Å². The number of amides is 1. The number of hydrogen-bond acceptors (Lipinski definition) is 7. The number of anilines is 1. The molecule has 0 saturated carbocycles.